The lowest BCUT2D eigenvalue weighted by molar-refractivity contribution is -0.132. The zero-order chi connectivity index (χ0) is 24.0. The van der Waals surface area contributed by atoms with E-state index < -0.39 is 23.5 Å². The summed E-state index contributed by atoms with van der Waals surface area (Å²) in [7, 11) is 0. The molecule has 168 valence electrons. The summed E-state index contributed by atoms with van der Waals surface area (Å²) in [5.41, 5.74) is 2.15. The van der Waals surface area contributed by atoms with E-state index in [1.165, 1.54) is 25.1 Å². The molecule has 6 nitrogen and oxygen atoms in total. The highest BCUT2D eigenvalue weighted by Crippen LogP contribution is 2.44. The third-order valence-electron chi connectivity index (χ3n) is 5.60. The normalized spacial score (nSPS) is 17.6. The number of aryl methyl sites for hydroxylation is 3. The first-order chi connectivity index (χ1) is 15.6. The van der Waals surface area contributed by atoms with E-state index in [4.69, 9.17) is 0 Å². The number of rotatable bonds is 4. The number of benzene rings is 2. The molecule has 1 aliphatic rings. The smallest absolute Gasteiger partial charge is 0.301 e. The monoisotopic (exact) mass is 464 g/mol. The van der Waals surface area contributed by atoms with Crippen molar-refractivity contribution in [3.8, 4) is 0 Å². The Bertz CT molecular complexity index is 1360. The number of halogens is 1. The number of nitrogens with zero attached hydrogens (tertiary/aromatic N) is 2. The summed E-state index contributed by atoms with van der Waals surface area (Å²) in [5, 5.41) is 11.3. The Hall–Kier alpha value is -3.65. The number of hydrogen-bond acceptors (Lipinski definition) is 6. The number of carbonyl (C=O) groups is 3. The van der Waals surface area contributed by atoms with Crippen LogP contribution in [-0.2, 0) is 9.59 Å². The van der Waals surface area contributed by atoms with E-state index in [-0.39, 0.29) is 27.8 Å². The van der Waals surface area contributed by atoms with Gasteiger partial charge in [0.1, 0.15) is 17.6 Å². The third kappa shape index (κ3) is 3.76. The molecule has 0 saturated carbocycles. The molecule has 0 bridgehead atoms. The van der Waals surface area contributed by atoms with Crippen LogP contribution in [0.25, 0.3) is 5.76 Å². The van der Waals surface area contributed by atoms with Crippen LogP contribution < -0.4 is 4.90 Å². The Balaban J connectivity index is 2.01. The van der Waals surface area contributed by atoms with Crippen molar-refractivity contribution < 1.29 is 23.9 Å². The van der Waals surface area contributed by atoms with Gasteiger partial charge in [0.15, 0.2) is 10.9 Å². The summed E-state index contributed by atoms with van der Waals surface area (Å²) >= 11 is 0.956. The first-order valence-electron chi connectivity index (χ1n) is 10.2. The number of thiazole rings is 1. The Morgan fingerprint density at radius 3 is 2.45 bits per heavy atom. The minimum absolute atomic E-state index is 0.0424. The SMILES string of the molecule is CC(=O)c1sc(N2C(=O)C(=O)/C(=C(/O)c3cc(C)ccc3C)C2c2ccccc2F)nc1C. The second-order valence-corrected chi connectivity index (χ2v) is 8.95. The minimum Gasteiger partial charge on any atom is -0.507 e. The van der Waals surface area contributed by atoms with Crippen molar-refractivity contribution in [3.63, 3.8) is 0 Å². The van der Waals surface area contributed by atoms with Gasteiger partial charge in [-0.15, -0.1) is 0 Å². The van der Waals surface area contributed by atoms with Crippen molar-refractivity contribution in [3.05, 3.63) is 86.7 Å². The quantitative estimate of drug-likeness (QED) is 0.253. The van der Waals surface area contributed by atoms with E-state index in [1.54, 1.807) is 32.0 Å². The van der Waals surface area contributed by atoms with Crippen LogP contribution in [0, 0.1) is 26.6 Å². The van der Waals surface area contributed by atoms with Crippen molar-refractivity contribution in [2.45, 2.75) is 33.7 Å². The molecule has 1 unspecified atom stereocenters. The summed E-state index contributed by atoms with van der Waals surface area (Å²) < 4.78 is 15.0. The molecule has 1 saturated heterocycles. The molecule has 0 radical (unpaired) electrons. The van der Waals surface area contributed by atoms with Crippen molar-refractivity contribution in [1.82, 2.24) is 4.98 Å². The van der Waals surface area contributed by atoms with E-state index in [9.17, 15) is 23.9 Å². The Morgan fingerprint density at radius 1 is 1.12 bits per heavy atom. The van der Waals surface area contributed by atoms with Crippen LogP contribution in [0.3, 0.4) is 0 Å². The van der Waals surface area contributed by atoms with Crippen LogP contribution in [0.1, 0.15) is 50.6 Å². The fourth-order valence-electron chi connectivity index (χ4n) is 3.97. The number of aromatic nitrogens is 1. The minimum atomic E-state index is -1.24. The fourth-order valence-corrected chi connectivity index (χ4v) is 4.96. The van der Waals surface area contributed by atoms with E-state index in [0.717, 1.165) is 21.8 Å². The van der Waals surface area contributed by atoms with E-state index in [0.29, 0.717) is 21.7 Å². The first-order valence-corrected chi connectivity index (χ1v) is 11.0. The molecule has 2 aromatic carbocycles. The van der Waals surface area contributed by atoms with E-state index in [2.05, 4.69) is 4.98 Å². The second-order valence-electron chi connectivity index (χ2n) is 7.98. The second kappa shape index (κ2) is 8.37. The first kappa shape index (κ1) is 22.5. The number of Topliss-reactive ketones (excluding diaryl/α,β-unsaturated/α-hetero) is 2. The predicted molar refractivity (Wildman–Crippen MR) is 124 cm³/mol. The van der Waals surface area contributed by atoms with Gasteiger partial charge in [-0.1, -0.05) is 47.2 Å². The number of aliphatic hydroxyl groups excluding tert-OH is 1. The van der Waals surface area contributed by atoms with E-state index >= 15 is 0 Å². The lowest BCUT2D eigenvalue weighted by Crippen LogP contribution is -2.29. The largest absolute Gasteiger partial charge is 0.507 e. The maximum Gasteiger partial charge on any atom is 0.301 e. The van der Waals surface area contributed by atoms with E-state index in [1.807, 2.05) is 13.0 Å². The molecule has 1 atom stereocenters. The lowest BCUT2D eigenvalue weighted by atomic mass is 9.93. The summed E-state index contributed by atoms with van der Waals surface area (Å²) in [6.07, 6.45) is 0. The average molecular weight is 465 g/mol. The topological polar surface area (TPSA) is 87.6 Å². The lowest BCUT2D eigenvalue weighted by Gasteiger charge is -2.23. The predicted octanol–water partition coefficient (Wildman–Crippen LogP) is 5.04. The van der Waals surface area contributed by atoms with Crippen LogP contribution in [0.5, 0.6) is 0 Å². The summed E-state index contributed by atoms with van der Waals surface area (Å²) in [6.45, 7) is 6.62. The number of carbonyl (C=O) groups excluding carboxylic acids is 3. The van der Waals surface area contributed by atoms with Crippen LogP contribution in [0.15, 0.2) is 48.0 Å². The zero-order valence-electron chi connectivity index (χ0n) is 18.5. The highest BCUT2D eigenvalue weighted by atomic mass is 32.1. The van der Waals surface area contributed by atoms with Gasteiger partial charge in [0.2, 0.25) is 0 Å². The van der Waals surface area contributed by atoms with Crippen LogP contribution in [-0.4, -0.2) is 27.6 Å². The fraction of sp³-hybridized carbons (Fsp3) is 0.200. The standard InChI is InChI=1S/C25H21FN2O4S/c1-12-9-10-13(2)17(11-12)21(30)19-20(16-7-5-6-8-18(16)26)28(24(32)22(19)31)25-27-14(3)23(33-25)15(4)29/h5-11,20,30H,1-4H3/b21-19+. The molecular formula is C25H21FN2O4S. The Kier molecular flexibility index (Phi) is 5.71. The molecule has 0 aliphatic carbocycles. The molecule has 3 aromatic rings. The van der Waals surface area contributed by atoms with Gasteiger partial charge in [-0.3, -0.25) is 19.3 Å². The molecule has 1 amide bonds. The molecule has 1 N–H and O–H groups in total. The molecule has 4 rings (SSSR count). The van der Waals surface area contributed by atoms with Gasteiger partial charge < -0.3 is 5.11 Å². The van der Waals surface area contributed by atoms with Gasteiger partial charge in [0.25, 0.3) is 5.78 Å². The maximum absolute atomic E-state index is 15.0. The van der Waals surface area contributed by atoms with Gasteiger partial charge in [0, 0.05) is 18.1 Å². The van der Waals surface area contributed by atoms with Gasteiger partial charge in [-0.25, -0.2) is 9.37 Å². The zero-order valence-corrected chi connectivity index (χ0v) is 19.3. The van der Waals surface area contributed by atoms with Gasteiger partial charge in [-0.05, 0) is 38.5 Å². The van der Waals surface area contributed by atoms with Crippen molar-refractivity contribution in [1.29, 1.82) is 0 Å². The maximum atomic E-state index is 15.0. The highest BCUT2D eigenvalue weighted by molar-refractivity contribution is 7.18. The number of amides is 1. The average Bonchev–Trinajstić information content (AvgIpc) is 3.27. The van der Waals surface area contributed by atoms with Gasteiger partial charge in [0.05, 0.1) is 16.1 Å². The number of aliphatic hydroxyl groups is 1. The highest BCUT2D eigenvalue weighted by Gasteiger charge is 2.49. The van der Waals surface area contributed by atoms with Crippen LogP contribution in [0.4, 0.5) is 9.52 Å². The molecule has 1 fully saturated rings. The molecule has 1 aromatic heterocycles. The molecule has 0 spiro atoms. The van der Waals surface area contributed by atoms with Crippen LogP contribution >= 0.6 is 11.3 Å². The molecule has 33 heavy (non-hydrogen) atoms. The molecule has 8 heteroatoms. The Morgan fingerprint density at radius 2 is 1.82 bits per heavy atom. The number of ketones is 2. The molecule has 2 heterocycles. The van der Waals surface area contributed by atoms with Crippen molar-refractivity contribution in [2.75, 3.05) is 4.90 Å². The summed E-state index contributed by atoms with van der Waals surface area (Å²) in [6, 6.07) is 9.89. The molecule has 1 aliphatic heterocycles. The van der Waals surface area contributed by atoms with Gasteiger partial charge in [-0.2, -0.15) is 0 Å². The number of anilines is 1. The summed E-state index contributed by atoms with van der Waals surface area (Å²) in [4.78, 5) is 44.1. The summed E-state index contributed by atoms with van der Waals surface area (Å²) in [5.74, 6) is -3.14. The number of hydrogen-bond donors (Lipinski definition) is 1. The van der Waals surface area contributed by atoms with Crippen molar-refractivity contribution >= 4 is 39.7 Å². The van der Waals surface area contributed by atoms with Crippen LogP contribution in [0.2, 0.25) is 0 Å². The van der Waals surface area contributed by atoms with Crippen molar-refractivity contribution in [2.24, 2.45) is 0 Å². The third-order valence-corrected chi connectivity index (χ3v) is 6.86. The van der Waals surface area contributed by atoms with Gasteiger partial charge >= 0.3 is 5.91 Å². The Labute approximate surface area is 194 Å². The molecular weight excluding hydrogens is 443 g/mol.